The second kappa shape index (κ2) is 9.10. The van der Waals surface area contributed by atoms with E-state index in [9.17, 15) is 4.39 Å². The highest BCUT2D eigenvalue weighted by Crippen LogP contribution is 2.17. The minimum Gasteiger partial charge on any atom is -0.301 e. The Balaban J connectivity index is 0.000000217. The zero-order valence-electron chi connectivity index (χ0n) is 13.1. The maximum Gasteiger partial charge on any atom is 0.110 e. The zero-order chi connectivity index (χ0) is 15.0. The zero-order valence-corrected chi connectivity index (χ0v) is 13.1. The fourth-order valence-electron chi connectivity index (χ4n) is 2.61. The summed E-state index contributed by atoms with van der Waals surface area (Å²) in [5.41, 5.74) is 0. The molecule has 2 aliphatic rings. The van der Waals surface area contributed by atoms with Crippen LogP contribution in [-0.4, -0.2) is 49.1 Å². The lowest BCUT2D eigenvalue weighted by Crippen LogP contribution is -2.31. The first-order valence-electron chi connectivity index (χ1n) is 7.69. The molecule has 0 aromatic carbocycles. The number of likely N-dealkylation sites (N-methyl/N-ethyl adjacent to an activating group) is 1. The topological polar surface area (TPSA) is 30.3 Å². The molecule has 0 N–H and O–H groups in total. The average molecular weight is 281 g/mol. The van der Waals surface area contributed by atoms with Crippen molar-refractivity contribution in [1.29, 1.82) is 5.26 Å². The largest absolute Gasteiger partial charge is 0.301 e. The smallest absolute Gasteiger partial charge is 0.110 e. The second-order valence-electron chi connectivity index (χ2n) is 6.06. The van der Waals surface area contributed by atoms with Gasteiger partial charge in [-0.15, -0.1) is 0 Å². The minimum atomic E-state index is 0.0127. The summed E-state index contributed by atoms with van der Waals surface area (Å²) in [4.78, 5) is 4.44. The Morgan fingerprint density at radius 1 is 1.30 bits per heavy atom. The van der Waals surface area contributed by atoms with Crippen molar-refractivity contribution < 1.29 is 4.39 Å². The molecule has 114 valence electrons. The first kappa shape index (κ1) is 17.1. The van der Waals surface area contributed by atoms with E-state index in [-0.39, 0.29) is 5.83 Å². The van der Waals surface area contributed by atoms with E-state index in [1.807, 2.05) is 11.9 Å². The van der Waals surface area contributed by atoms with Gasteiger partial charge in [-0.3, -0.25) is 4.90 Å². The lowest BCUT2D eigenvalue weighted by Gasteiger charge is -2.23. The van der Waals surface area contributed by atoms with Gasteiger partial charge in [0.25, 0.3) is 0 Å². The van der Waals surface area contributed by atoms with E-state index in [0.29, 0.717) is 18.5 Å². The Bertz CT molecular complexity index is 346. The van der Waals surface area contributed by atoms with Crippen LogP contribution >= 0.6 is 0 Å². The van der Waals surface area contributed by atoms with Crippen molar-refractivity contribution in [2.24, 2.45) is 5.92 Å². The Kier molecular flexibility index (Phi) is 7.79. The van der Waals surface area contributed by atoms with Crippen molar-refractivity contribution in [2.75, 3.05) is 33.2 Å². The van der Waals surface area contributed by atoms with E-state index < -0.39 is 0 Å². The Morgan fingerprint density at radius 3 is 2.55 bits per heavy atom. The van der Waals surface area contributed by atoms with Crippen LogP contribution in [0.1, 0.15) is 39.5 Å². The van der Waals surface area contributed by atoms with Gasteiger partial charge in [-0.1, -0.05) is 6.08 Å². The van der Waals surface area contributed by atoms with E-state index in [0.717, 1.165) is 32.4 Å². The quantitative estimate of drug-likeness (QED) is 0.739. The average Bonchev–Trinajstić information content (AvgIpc) is 2.64. The standard InChI is InChI=1S/C10H18N2.C6H10FN/c1-9(2)12-6-3-4-10(8-11)5-7-12;1-8-4-2-3-6(7)5-8/h9-10H,3-7H2,1-2H3;3H,2,4-5H2,1H3. The summed E-state index contributed by atoms with van der Waals surface area (Å²) in [6.07, 6.45) is 5.87. The van der Waals surface area contributed by atoms with Crippen molar-refractivity contribution in [2.45, 2.75) is 45.6 Å². The number of nitriles is 1. The molecule has 4 heteroatoms. The summed E-state index contributed by atoms with van der Waals surface area (Å²) in [7, 11) is 1.92. The highest BCUT2D eigenvalue weighted by Gasteiger charge is 2.17. The molecule has 0 radical (unpaired) electrons. The molecule has 2 rings (SSSR count). The Morgan fingerprint density at radius 2 is 2.05 bits per heavy atom. The van der Waals surface area contributed by atoms with Gasteiger partial charge in [-0.2, -0.15) is 5.26 Å². The van der Waals surface area contributed by atoms with E-state index in [2.05, 4.69) is 24.8 Å². The lowest BCUT2D eigenvalue weighted by molar-refractivity contribution is 0.229. The number of halogens is 1. The number of hydrogen-bond donors (Lipinski definition) is 0. The molecule has 1 atom stereocenters. The maximum absolute atomic E-state index is 12.3. The van der Waals surface area contributed by atoms with Crippen LogP contribution in [0.5, 0.6) is 0 Å². The fourth-order valence-corrected chi connectivity index (χ4v) is 2.61. The Hall–Kier alpha value is -0.920. The van der Waals surface area contributed by atoms with Gasteiger partial charge in [-0.25, -0.2) is 4.39 Å². The summed E-state index contributed by atoms with van der Waals surface area (Å²) in [6.45, 7) is 8.23. The molecule has 0 spiro atoms. The summed E-state index contributed by atoms with van der Waals surface area (Å²) in [6, 6.07) is 3.02. The molecule has 20 heavy (non-hydrogen) atoms. The van der Waals surface area contributed by atoms with E-state index in [1.165, 1.54) is 13.0 Å². The van der Waals surface area contributed by atoms with Gasteiger partial charge in [0.15, 0.2) is 0 Å². The molecule has 0 aromatic heterocycles. The van der Waals surface area contributed by atoms with Crippen LogP contribution in [0, 0.1) is 17.2 Å². The monoisotopic (exact) mass is 281 g/mol. The highest BCUT2D eigenvalue weighted by atomic mass is 19.1. The van der Waals surface area contributed by atoms with Gasteiger partial charge in [-0.05, 0) is 59.7 Å². The van der Waals surface area contributed by atoms with Crippen LogP contribution in [0.3, 0.4) is 0 Å². The normalized spacial score (nSPS) is 25.2. The van der Waals surface area contributed by atoms with Crippen LogP contribution in [0.25, 0.3) is 0 Å². The van der Waals surface area contributed by atoms with Crippen LogP contribution < -0.4 is 0 Å². The van der Waals surface area contributed by atoms with Crippen molar-refractivity contribution in [3.05, 3.63) is 11.9 Å². The highest BCUT2D eigenvalue weighted by molar-refractivity contribution is 4.98. The van der Waals surface area contributed by atoms with Crippen molar-refractivity contribution in [3.8, 4) is 6.07 Å². The Labute approximate surface area is 123 Å². The maximum atomic E-state index is 12.3. The molecule has 2 heterocycles. The third-order valence-electron chi connectivity index (χ3n) is 3.97. The van der Waals surface area contributed by atoms with Gasteiger partial charge >= 0.3 is 0 Å². The van der Waals surface area contributed by atoms with Gasteiger partial charge in [0.2, 0.25) is 0 Å². The third kappa shape index (κ3) is 6.49. The second-order valence-corrected chi connectivity index (χ2v) is 6.06. The van der Waals surface area contributed by atoms with Crippen LogP contribution in [0.4, 0.5) is 4.39 Å². The van der Waals surface area contributed by atoms with Crippen molar-refractivity contribution >= 4 is 0 Å². The van der Waals surface area contributed by atoms with Gasteiger partial charge in [0.05, 0.1) is 6.07 Å². The van der Waals surface area contributed by atoms with Crippen LogP contribution in [0.15, 0.2) is 11.9 Å². The SMILES string of the molecule is CC(C)N1CCCC(C#N)CC1.CN1CCC=C(F)C1. The fraction of sp³-hybridized carbons (Fsp3) is 0.812. The number of hydrogen-bond acceptors (Lipinski definition) is 3. The lowest BCUT2D eigenvalue weighted by atomic mass is 10.0. The third-order valence-corrected chi connectivity index (χ3v) is 3.97. The molecule has 0 saturated carbocycles. The molecule has 1 fully saturated rings. The minimum absolute atomic E-state index is 0.0127. The van der Waals surface area contributed by atoms with E-state index >= 15 is 0 Å². The molecule has 0 aliphatic carbocycles. The molecule has 0 bridgehead atoms. The van der Waals surface area contributed by atoms with Gasteiger partial charge in [0.1, 0.15) is 5.83 Å². The summed E-state index contributed by atoms with van der Waals surface area (Å²) in [5, 5.41) is 8.77. The van der Waals surface area contributed by atoms with Crippen molar-refractivity contribution in [3.63, 3.8) is 0 Å². The number of nitrogens with zero attached hydrogens (tertiary/aromatic N) is 3. The summed E-state index contributed by atoms with van der Waals surface area (Å²) < 4.78 is 12.3. The van der Waals surface area contributed by atoms with Crippen LogP contribution in [-0.2, 0) is 0 Å². The molecule has 1 saturated heterocycles. The predicted molar refractivity (Wildman–Crippen MR) is 81.0 cm³/mol. The molecule has 3 nitrogen and oxygen atoms in total. The van der Waals surface area contributed by atoms with Gasteiger partial charge < -0.3 is 4.90 Å². The molecular weight excluding hydrogens is 253 g/mol. The van der Waals surface area contributed by atoms with Crippen LogP contribution in [0.2, 0.25) is 0 Å². The van der Waals surface area contributed by atoms with Gasteiger partial charge in [0, 0.05) is 25.0 Å². The molecule has 0 amide bonds. The number of likely N-dealkylation sites (tertiary alicyclic amines) is 1. The summed E-state index contributed by atoms with van der Waals surface area (Å²) in [5.74, 6) is 0.326. The first-order chi connectivity index (χ1) is 9.52. The number of rotatable bonds is 1. The molecule has 0 aromatic rings. The predicted octanol–water partition coefficient (Wildman–Crippen LogP) is 3.20. The molecule has 2 aliphatic heterocycles. The molecule has 1 unspecified atom stereocenters. The molecular formula is C16H28FN3. The van der Waals surface area contributed by atoms with Crippen molar-refractivity contribution in [1.82, 2.24) is 9.80 Å². The van der Waals surface area contributed by atoms with E-state index in [1.54, 1.807) is 6.08 Å². The van der Waals surface area contributed by atoms with E-state index in [4.69, 9.17) is 5.26 Å². The summed E-state index contributed by atoms with van der Waals surface area (Å²) >= 11 is 0. The first-order valence-corrected chi connectivity index (χ1v) is 7.69.